The summed E-state index contributed by atoms with van der Waals surface area (Å²) >= 11 is 0. The second kappa shape index (κ2) is 14.2. The van der Waals surface area contributed by atoms with Gasteiger partial charge in [0.05, 0.1) is 12.0 Å². The monoisotopic (exact) mass is 666 g/mol. The average Bonchev–Trinajstić information content (AvgIpc) is 3.04. The van der Waals surface area contributed by atoms with Crippen LogP contribution in [0.25, 0.3) is 11.1 Å². The van der Waals surface area contributed by atoms with Gasteiger partial charge in [0.15, 0.2) is 9.84 Å². The van der Waals surface area contributed by atoms with Crippen molar-refractivity contribution in [1.29, 1.82) is 0 Å². The molecule has 1 saturated heterocycles. The summed E-state index contributed by atoms with van der Waals surface area (Å²) in [5, 5.41) is 9.48. The Bertz CT molecular complexity index is 1860. The number of anilines is 1. The van der Waals surface area contributed by atoms with Gasteiger partial charge in [0.1, 0.15) is 34.1 Å². The first-order chi connectivity index (χ1) is 22.4. The van der Waals surface area contributed by atoms with E-state index in [1.807, 2.05) is 6.92 Å². The molecular weight excluding hydrogens is 629 g/mol. The second-order valence-corrected chi connectivity index (χ2v) is 14.0. The summed E-state index contributed by atoms with van der Waals surface area (Å²) in [5.74, 6) is -1.92. The molecule has 4 aromatic carbocycles. The van der Waals surface area contributed by atoms with Crippen molar-refractivity contribution < 1.29 is 31.1 Å². The lowest BCUT2D eigenvalue weighted by molar-refractivity contribution is -0.118. The van der Waals surface area contributed by atoms with Crippen LogP contribution in [0.15, 0.2) is 89.8 Å². The van der Waals surface area contributed by atoms with Crippen molar-refractivity contribution in [2.45, 2.75) is 48.0 Å². The first-order valence-electron chi connectivity index (χ1n) is 15.2. The maximum atomic E-state index is 15.4. The number of ether oxygens (including phenoxy) is 1. The molecule has 12 heteroatoms. The fraction of sp³-hybridized carbons (Fsp3) is 0.286. The largest absolute Gasteiger partial charge is 0.497 e. The molecule has 0 spiro atoms. The molecule has 1 aliphatic rings. The third-order valence-corrected chi connectivity index (χ3v) is 10.8. The van der Waals surface area contributed by atoms with Gasteiger partial charge in [-0.2, -0.15) is 0 Å². The van der Waals surface area contributed by atoms with E-state index in [4.69, 9.17) is 10.5 Å². The molecular formula is C35H37F3N4O4S. The quantitative estimate of drug-likeness (QED) is 0.168. The van der Waals surface area contributed by atoms with Crippen LogP contribution in [0.2, 0.25) is 0 Å². The van der Waals surface area contributed by atoms with Crippen molar-refractivity contribution in [1.82, 2.24) is 10.6 Å². The number of carbonyl (C=O) groups excluding carboxylic acids is 1. The van der Waals surface area contributed by atoms with Gasteiger partial charge in [0, 0.05) is 42.4 Å². The molecule has 5 rings (SSSR count). The highest BCUT2D eigenvalue weighted by Gasteiger charge is 2.47. The number of halogens is 3. The van der Waals surface area contributed by atoms with Crippen LogP contribution in [0.4, 0.5) is 18.9 Å². The Hall–Kier alpha value is -4.39. The van der Waals surface area contributed by atoms with E-state index in [1.54, 1.807) is 30.3 Å². The van der Waals surface area contributed by atoms with Crippen LogP contribution >= 0.6 is 0 Å². The lowest BCUT2D eigenvalue weighted by Crippen LogP contribution is -2.66. The molecule has 5 N–H and O–H groups in total. The standard InChI is InChI=1S/C35H37F3N4O4S/c1-22-20-40-21-35(42-22,47(44,45)27-12-10-26(46-2)11-13-27)16-15-29-30(37)7-4-8-32(29)41-33(34(39)43)18-23-9-14-28(31(38)17-23)24-5-3-6-25(36)19-24/h3-14,17,19,22,33,40-42H,15-16,18,20-21H2,1-2H3,(H2,39,43)/t22-,33-,35-/m0/s1. The summed E-state index contributed by atoms with van der Waals surface area (Å²) in [7, 11) is -2.50. The molecule has 0 aliphatic carbocycles. The maximum absolute atomic E-state index is 15.4. The van der Waals surface area contributed by atoms with E-state index in [-0.39, 0.29) is 53.6 Å². The number of amides is 1. The minimum atomic E-state index is -3.99. The number of methoxy groups -OCH3 is 1. The molecule has 0 aromatic heterocycles. The lowest BCUT2D eigenvalue weighted by atomic mass is 9.98. The SMILES string of the molecule is COc1ccc(S(=O)(=O)[C@@]2(CCc3c(F)cccc3N[C@@H](Cc3ccc(-c4cccc(F)c4)c(F)c3)C(N)=O)CNC[C@H](C)N2)cc1. The van der Waals surface area contributed by atoms with Crippen molar-refractivity contribution in [2.75, 3.05) is 25.5 Å². The highest BCUT2D eigenvalue weighted by molar-refractivity contribution is 7.92. The van der Waals surface area contributed by atoms with Gasteiger partial charge in [-0.25, -0.2) is 21.6 Å². The zero-order valence-corrected chi connectivity index (χ0v) is 26.8. The first-order valence-corrected chi connectivity index (χ1v) is 16.7. The molecule has 1 heterocycles. The zero-order valence-electron chi connectivity index (χ0n) is 26.0. The van der Waals surface area contributed by atoms with Crippen molar-refractivity contribution in [2.24, 2.45) is 5.73 Å². The number of carbonyl (C=O) groups is 1. The number of nitrogens with one attached hydrogen (secondary N) is 3. The van der Waals surface area contributed by atoms with Gasteiger partial charge >= 0.3 is 0 Å². The average molecular weight is 667 g/mol. The smallest absolute Gasteiger partial charge is 0.240 e. The molecule has 3 atom stereocenters. The summed E-state index contributed by atoms with van der Waals surface area (Å²) in [4.78, 5) is 11.2. The second-order valence-electron chi connectivity index (χ2n) is 11.7. The van der Waals surface area contributed by atoms with E-state index >= 15 is 8.78 Å². The predicted molar refractivity (Wildman–Crippen MR) is 175 cm³/mol. The maximum Gasteiger partial charge on any atom is 0.240 e. The summed E-state index contributed by atoms with van der Waals surface area (Å²) in [6.07, 6.45) is -0.0268. The van der Waals surface area contributed by atoms with Crippen molar-refractivity contribution in [3.8, 4) is 16.9 Å². The zero-order chi connectivity index (χ0) is 33.8. The molecule has 47 heavy (non-hydrogen) atoms. The first kappa shape index (κ1) is 34.0. The Balaban J connectivity index is 1.40. The Morgan fingerprint density at radius 1 is 1.02 bits per heavy atom. The predicted octanol–water partition coefficient (Wildman–Crippen LogP) is 4.97. The topological polar surface area (TPSA) is 123 Å². The van der Waals surface area contributed by atoms with Gasteiger partial charge in [-0.1, -0.05) is 30.3 Å². The number of primary amides is 1. The van der Waals surface area contributed by atoms with E-state index in [9.17, 15) is 17.6 Å². The Morgan fingerprint density at radius 2 is 1.77 bits per heavy atom. The van der Waals surface area contributed by atoms with E-state index in [2.05, 4.69) is 16.0 Å². The van der Waals surface area contributed by atoms with Gasteiger partial charge in [0.2, 0.25) is 5.91 Å². The molecule has 0 radical (unpaired) electrons. The van der Waals surface area contributed by atoms with Crippen LogP contribution < -0.4 is 26.4 Å². The van der Waals surface area contributed by atoms with E-state index in [1.165, 1.54) is 61.7 Å². The lowest BCUT2D eigenvalue weighted by Gasteiger charge is -2.41. The number of benzene rings is 4. The Morgan fingerprint density at radius 3 is 2.43 bits per heavy atom. The number of nitrogens with two attached hydrogens (primary N) is 1. The van der Waals surface area contributed by atoms with Crippen molar-refractivity contribution in [3.63, 3.8) is 0 Å². The van der Waals surface area contributed by atoms with Crippen LogP contribution in [0.3, 0.4) is 0 Å². The molecule has 1 aliphatic heterocycles. The van der Waals surface area contributed by atoms with Crippen molar-refractivity contribution >= 4 is 21.4 Å². The third kappa shape index (κ3) is 7.45. The molecule has 248 valence electrons. The summed E-state index contributed by atoms with van der Waals surface area (Å²) in [6.45, 7) is 2.51. The molecule has 1 fully saturated rings. The minimum Gasteiger partial charge on any atom is -0.497 e. The fourth-order valence-electron chi connectivity index (χ4n) is 5.99. The molecule has 0 unspecified atom stereocenters. The third-order valence-electron chi connectivity index (χ3n) is 8.43. The summed E-state index contributed by atoms with van der Waals surface area (Å²) in [5.41, 5.74) is 7.17. The molecule has 8 nitrogen and oxygen atoms in total. The van der Waals surface area contributed by atoms with E-state index in [0.29, 0.717) is 23.4 Å². The number of piperazine rings is 1. The van der Waals surface area contributed by atoms with E-state index < -0.39 is 44.1 Å². The van der Waals surface area contributed by atoms with Gasteiger partial charge in [-0.05, 0) is 85.5 Å². The molecule has 0 bridgehead atoms. The van der Waals surface area contributed by atoms with Gasteiger partial charge in [0.25, 0.3) is 0 Å². The summed E-state index contributed by atoms with van der Waals surface area (Å²) < 4.78 is 77.6. The van der Waals surface area contributed by atoms with Crippen LogP contribution in [0.1, 0.15) is 24.5 Å². The highest BCUT2D eigenvalue weighted by Crippen LogP contribution is 2.33. The highest BCUT2D eigenvalue weighted by atomic mass is 32.2. The normalized spacial score (nSPS) is 18.8. The van der Waals surface area contributed by atoms with E-state index in [0.717, 1.165) is 0 Å². The molecule has 0 saturated carbocycles. The number of rotatable bonds is 12. The van der Waals surface area contributed by atoms with Gasteiger partial charge in [-0.15, -0.1) is 0 Å². The van der Waals surface area contributed by atoms with Crippen LogP contribution in [-0.2, 0) is 27.5 Å². The minimum absolute atomic E-state index is 0.00229. The number of hydrogen-bond donors (Lipinski definition) is 4. The van der Waals surface area contributed by atoms with Crippen molar-refractivity contribution in [3.05, 3.63) is 114 Å². The van der Waals surface area contributed by atoms with Crippen LogP contribution in [0, 0.1) is 17.5 Å². The summed E-state index contributed by atoms with van der Waals surface area (Å²) in [6, 6.07) is 19.1. The van der Waals surface area contributed by atoms with Crippen LogP contribution in [-0.4, -0.2) is 51.5 Å². The Labute approximate surface area is 272 Å². The van der Waals surface area contributed by atoms with Crippen LogP contribution in [0.5, 0.6) is 5.75 Å². The van der Waals surface area contributed by atoms with Gasteiger partial charge in [-0.3, -0.25) is 10.1 Å². The Kier molecular flexibility index (Phi) is 10.2. The fourth-order valence-corrected chi connectivity index (χ4v) is 7.95. The molecule has 4 aromatic rings. The molecule has 1 amide bonds. The number of hydrogen-bond acceptors (Lipinski definition) is 7. The van der Waals surface area contributed by atoms with Gasteiger partial charge < -0.3 is 21.1 Å². The number of sulfone groups is 1.